The Labute approximate surface area is 157 Å². The Balaban J connectivity index is 1.88. The van der Waals surface area contributed by atoms with Gasteiger partial charge in [0, 0.05) is 11.8 Å². The second-order valence-electron chi connectivity index (χ2n) is 6.36. The number of aromatic hydroxyl groups is 1. The fraction of sp³-hybridized carbons (Fsp3) is 0.227. The van der Waals surface area contributed by atoms with Crippen LogP contribution in [0.15, 0.2) is 48.5 Å². The third kappa shape index (κ3) is 4.31. The molecule has 0 radical (unpaired) electrons. The van der Waals surface area contributed by atoms with Crippen molar-refractivity contribution in [1.82, 2.24) is 4.98 Å². The number of aryl methyl sites for hydroxylation is 1. The lowest BCUT2D eigenvalue weighted by molar-refractivity contribution is -0.143. The number of nitrogens with zero attached hydrogens (tertiary/aromatic N) is 1. The smallest absolute Gasteiger partial charge is 0.306 e. The molecule has 1 N–H and O–H groups in total. The molecule has 0 unspecified atom stereocenters. The number of pyridine rings is 1. The predicted octanol–water partition coefficient (Wildman–Crippen LogP) is 4.44. The van der Waals surface area contributed by atoms with Crippen LogP contribution in [0.25, 0.3) is 22.0 Å². The van der Waals surface area contributed by atoms with Gasteiger partial charge in [-0.1, -0.05) is 35.9 Å². The summed E-state index contributed by atoms with van der Waals surface area (Å²) < 4.78 is 4.82. The van der Waals surface area contributed by atoms with Gasteiger partial charge in [0.25, 0.3) is 0 Å². The van der Waals surface area contributed by atoms with Crippen molar-refractivity contribution in [3.63, 3.8) is 0 Å². The minimum atomic E-state index is -0.436. The van der Waals surface area contributed by atoms with Crippen LogP contribution >= 0.6 is 0 Å². The van der Waals surface area contributed by atoms with Crippen molar-refractivity contribution in [3.8, 4) is 16.9 Å². The molecule has 5 nitrogen and oxygen atoms in total. The molecule has 0 aliphatic heterocycles. The molecule has 5 heteroatoms. The maximum atomic E-state index is 12.3. The highest BCUT2D eigenvalue weighted by Crippen LogP contribution is 2.28. The minimum absolute atomic E-state index is 0.0184. The molecule has 0 amide bonds. The lowest BCUT2D eigenvalue weighted by Gasteiger charge is -2.08. The molecule has 0 saturated carbocycles. The van der Waals surface area contributed by atoms with E-state index >= 15 is 0 Å². The van der Waals surface area contributed by atoms with E-state index in [-0.39, 0.29) is 36.7 Å². The predicted molar refractivity (Wildman–Crippen MR) is 104 cm³/mol. The van der Waals surface area contributed by atoms with Gasteiger partial charge in [0.1, 0.15) is 11.4 Å². The van der Waals surface area contributed by atoms with Gasteiger partial charge in [-0.3, -0.25) is 9.59 Å². The number of hydrogen-bond donors (Lipinski definition) is 1. The highest BCUT2D eigenvalue weighted by atomic mass is 16.5. The Morgan fingerprint density at radius 2 is 1.81 bits per heavy atom. The molecule has 0 atom stereocenters. The molecule has 0 aliphatic carbocycles. The van der Waals surface area contributed by atoms with Gasteiger partial charge in [-0.05, 0) is 43.2 Å². The first kappa shape index (κ1) is 18.6. The molecule has 138 valence electrons. The average molecular weight is 363 g/mol. The number of hydrogen-bond acceptors (Lipinski definition) is 5. The van der Waals surface area contributed by atoms with Crippen molar-refractivity contribution in [3.05, 3.63) is 59.8 Å². The zero-order chi connectivity index (χ0) is 19.4. The maximum absolute atomic E-state index is 12.3. The Morgan fingerprint density at radius 3 is 2.56 bits per heavy atom. The van der Waals surface area contributed by atoms with Crippen LogP contribution in [0.1, 0.15) is 35.8 Å². The van der Waals surface area contributed by atoms with Gasteiger partial charge in [-0.15, -0.1) is 0 Å². The fourth-order valence-electron chi connectivity index (χ4n) is 2.94. The second kappa shape index (κ2) is 7.99. The molecule has 0 saturated heterocycles. The highest BCUT2D eigenvalue weighted by Gasteiger charge is 2.16. The van der Waals surface area contributed by atoms with E-state index in [0.29, 0.717) is 5.52 Å². The van der Waals surface area contributed by atoms with Gasteiger partial charge >= 0.3 is 5.97 Å². The molecule has 0 fully saturated rings. The number of esters is 1. The molecular weight excluding hydrogens is 342 g/mol. The quantitative estimate of drug-likeness (QED) is 0.517. The Bertz CT molecular complexity index is 1010. The van der Waals surface area contributed by atoms with Crippen molar-refractivity contribution in [2.75, 3.05) is 6.61 Å². The van der Waals surface area contributed by atoms with Crippen LogP contribution < -0.4 is 0 Å². The Morgan fingerprint density at radius 1 is 1.04 bits per heavy atom. The van der Waals surface area contributed by atoms with Crippen molar-refractivity contribution < 1.29 is 19.4 Å². The Kier molecular flexibility index (Phi) is 5.50. The zero-order valence-corrected chi connectivity index (χ0v) is 15.4. The molecule has 0 aliphatic rings. The number of carbonyl (C=O) groups excluding carboxylic acids is 2. The summed E-state index contributed by atoms with van der Waals surface area (Å²) in [6.45, 7) is 4.02. The molecule has 0 bridgehead atoms. The molecule has 1 aromatic heterocycles. The summed E-state index contributed by atoms with van der Waals surface area (Å²) in [4.78, 5) is 28.0. The van der Waals surface area contributed by atoms with Gasteiger partial charge in [-0.25, -0.2) is 4.98 Å². The van der Waals surface area contributed by atoms with E-state index < -0.39 is 5.97 Å². The van der Waals surface area contributed by atoms with Crippen LogP contribution in [-0.2, 0) is 9.53 Å². The number of rotatable bonds is 6. The number of carbonyl (C=O) groups is 2. The van der Waals surface area contributed by atoms with E-state index in [1.807, 2.05) is 43.3 Å². The normalized spacial score (nSPS) is 10.7. The van der Waals surface area contributed by atoms with E-state index in [4.69, 9.17) is 4.74 Å². The van der Waals surface area contributed by atoms with Crippen LogP contribution in [0, 0.1) is 6.92 Å². The number of Topliss-reactive ketones (excluding diaryl/α,β-unsaturated/α-hetero) is 1. The SMILES string of the molecule is CCOC(=O)CCC(=O)c1nc2ccc(-c3cccc(C)c3)cc2cc1O. The summed E-state index contributed by atoms with van der Waals surface area (Å²) in [5.74, 6) is -1.00. The van der Waals surface area contributed by atoms with Gasteiger partial charge in [0.15, 0.2) is 5.78 Å². The summed E-state index contributed by atoms with van der Waals surface area (Å²) in [6, 6.07) is 15.4. The molecule has 1 heterocycles. The molecule has 3 aromatic rings. The fourth-order valence-corrected chi connectivity index (χ4v) is 2.94. The minimum Gasteiger partial charge on any atom is -0.506 e. The molecule has 27 heavy (non-hydrogen) atoms. The average Bonchev–Trinajstić information content (AvgIpc) is 2.65. The summed E-state index contributed by atoms with van der Waals surface area (Å²) in [7, 11) is 0. The largest absolute Gasteiger partial charge is 0.506 e. The van der Waals surface area contributed by atoms with E-state index in [1.54, 1.807) is 13.0 Å². The summed E-state index contributed by atoms with van der Waals surface area (Å²) in [5, 5.41) is 11.0. The van der Waals surface area contributed by atoms with E-state index in [2.05, 4.69) is 11.1 Å². The van der Waals surface area contributed by atoms with E-state index in [0.717, 1.165) is 22.1 Å². The summed E-state index contributed by atoms with van der Waals surface area (Å²) in [6.07, 6.45) is -0.0790. The topological polar surface area (TPSA) is 76.5 Å². The summed E-state index contributed by atoms with van der Waals surface area (Å²) in [5.41, 5.74) is 3.84. The first-order valence-corrected chi connectivity index (χ1v) is 8.87. The maximum Gasteiger partial charge on any atom is 0.306 e. The van der Waals surface area contributed by atoms with Gasteiger partial charge in [0.05, 0.1) is 18.5 Å². The van der Waals surface area contributed by atoms with Gasteiger partial charge in [0.2, 0.25) is 0 Å². The number of aromatic nitrogens is 1. The lowest BCUT2D eigenvalue weighted by Crippen LogP contribution is -2.09. The third-order valence-corrected chi connectivity index (χ3v) is 4.27. The highest BCUT2D eigenvalue weighted by molar-refractivity contribution is 6.00. The van der Waals surface area contributed by atoms with Crippen molar-refractivity contribution in [1.29, 1.82) is 0 Å². The molecule has 2 aromatic carbocycles. The lowest BCUT2D eigenvalue weighted by atomic mass is 10.0. The van der Waals surface area contributed by atoms with Crippen molar-refractivity contribution in [2.24, 2.45) is 0 Å². The second-order valence-corrected chi connectivity index (χ2v) is 6.36. The summed E-state index contributed by atoms with van der Waals surface area (Å²) >= 11 is 0. The van der Waals surface area contributed by atoms with Gasteiger partial charge in [-0.2, -0.15) is 0 Å². The first-order valence-electron chi connectivity index (χ1n) is 8.87. The molecule has 3 rings (SSSR count). The van der Waals surface area contributed by atoms with E-state index in [1.165, 1.54) is 0 Å². The standard InChI is InChI=1S/C22H21NO4/c1-3-27-21(26)10-9-19(24)22-20(25)13-17-12-16(7-8-18(17)23-22)15-6-4-5-14(2)11-15/h4-8,11-13,25H,3,9-10H2,1-2H3. The van der Waals surface area contributed by atoms with Gasteiger partial charge < -0.3 is 9.84 Å². The van der Waals surface area contributed by atoms with Crippen LogP contribution in [0.3, 0.4) is 0 Å². The Hall–Kier alpha value is -3.21. The number of ketones is 1. The number of ether oxygens (including phenoxy) is 1. The molecule has 0 spiro atoms. The first-order chi connectivity index (χ1) is 13.0. The zero-order valence-electron chi connectivity index (χ0n) is 15.4. The van der Waals surface area contributed by atoms with Crippen LogP contribution in [0.2, 0.25) is 0 Å². The van der Waals surface area contributed by atoms with Crippen LogP contribution in [0.4, 0.5) is 0 Å². The monoisotopic (exact) mass is 363 g/mol. The van der Waals surface area contributed by atoms with Crippen LogP contribution in [-0.4, -0.2) is 28.4 Å². The molecular formula is C22H21NO4. The van der Waals surface area contributed by atoms with Crippen molar-refractivity contribution >= 4 is 22.7 Å². The number of benzene rings is 2. The van der Waals surface area contributed by atoms with Crippen molar-refractivity contribution in [2.45, 2.75) is 26.7 Å². The third-order valence-electron chi connectivity index (χ3n) is 4.27. The van der Waals surface area contributed by atoms with Crippen LogP contribution in [0.5, 0.6) is 5.75 Å². The number of fused-ring (bicyclic) bond motifs is 1. The van der Waals surface area contributed by atoms with E-state index in [9.17, 15) is 14.7 Å².